The average molecular weight is 350 g/mol. The Morgan fingerprint density at radius 1 is 0.556 bits per heavy atom. The number of benzene rings is 3. The van der Waals surface area contributed by atoms with E-state index in [1.807, 2.05) is 24.3 Å². The first-order chi connectivity index (χ1) is 13.3. The third-order valence-electron chi connectivity index (χ3n) is 4.96. The molecule has 0 atom stereocenters. The van der Waals surface area contributed by atoms with E-state index in [-0.39, 0.29) is 5.78 Å². The molecule has 132 valence electrons. The van der Waals surface area contributed by atoms with E-state index in [0.717, 1.165) is 24.0 Å². The van der Waals surface area contributed by atoms with Crippen LogP contribution in [0, 0.1) is 0 Å². The maximum atomic E-state index is 12.2. The van der Waals surface area contributed by atoms with Crippen molar-refractivity contribution in [3.8, 4) is 0 Å². The van der Waals surface area contributed by atoms with Gasteiger partial charge < -0.3 is 0 Å². The predicted octanol–water partition coefficient (Wildman–Crippen LogP) is 6.33. The first-order valence-electron chi connectivity index (χ1n) is 9.47. The molecular weight excluding hydrogens is 328 g/mol. The average Bonchev–Trinajstić information content (AvgIpc) is 2.74. The van der Waals surface area contributed by atoms with Gasteiger partial charge in [-0.3, -0.25) is 4.79 Å². The Bertz CT molecular complexity index is 939. The van der Waals surface area contributed by atoms with Crippen LogP contribution in [0.4, 0.5) is 0 Å². The van der Waals surface area contributed by atoms with Crippen molar-refractivity contribution in [2.45, 2.75) is 19.3 Å². The lowest BCUT2D eigenvalue weighted by Crippen LogP contribution is -2.06. The summed E-state index contributed by atoms with van der Waals surface area (Å²) in [5.74, 6) is 0.227. The molecule has 0 heterocycles. The van der Waals surface area contributed by atoms with Crippen LogP contribution in [0.1, 0.15) is 36.0 Å². The van der Waals surface area contributed by atoms with E-state index < -0.39 is 0 Å². The summed E-state index contributed by atoms with van der Waals surface area (Å²) >= 11 is 0. The summed E-state index contributed by atoms with van der Waals surface area (Å²) in [6.45, 7) is 0. The molecule has 0 aromatic heterocycles. The normalized spacial score (nSPS) is 13.8. The molecule has 0 amide bonds. The van der Waals surface area contributed by atoms with Gasteiger partial charge in [-0.15, -0.1) is 0 Å². The number of ketones is 1. The van der Waals surface area contributed by atoms with Crippen LogP contribution >= 0.6 is 0 Å². The Balaban J connectivity index is 2.05. The van der Waals surface area contributed by atoms with Crippen molar-refractivity contribution < 1.29 is 4.79 Å². The summed E-state index contributed by atoms with van der Waals surface area (Å²) < 4.78 is 0. The molecule has 1 nitrogen and oxygen atoms in total. The molecule has 1 aliphatic rings. The minimum absolute atomic E-state index is 0.227. The van der Waals surface area contributed by atoms with Crippen LogP contribution in [0.2, 0.25) is 0 Å². The maximum absolute atomic E-state index is 12.2. The highest BCUT2D eigenvalue weighted by molar-refractivity contribution is 6.07. The third-order valence-corrected chi connectivity index (χ3v) is 4.96. The van der Waals surface area contributed by atoms with Gasteiger partial charge in [0.25, 0.3) is 0 Å². The van der Waals surface area contributed by atoms with Gasteiger partial charge in [-0.05, 0) is 52.3 Å². The second-order valence-corrected chi connectivity index (χ2v) is 6.84. The van der Waals surface area contributed by atoms with Gasteiger partial charge in [0.05, 0.1) is 0 Å². The standard InChI is InChI=1S/C26H22O/c27-24-18-10-17-23(19-24)26(22-15-8-3-9-16-22)25(20-11-4-1-5-12-20)21-13-6-2-7-14-21/h1-9,11-16,19H,10,17-18H2. The smallest absolute Gasteiger partial charge is 0.155 e. The van der Waals surface area contributed by atoms with Crippen LogP contribution in [-0.2, 0) is 4.79 Å². The summed E-state index contributed by atoms with van der Waals surface area (Å²) in [4.78, 5) is 12.2. The molecule has 0 saturated carbocycles. The van der Waals surface area contributed by atoms with Crippen LogP contribution in [0.15, 0.2) is 103 Å². The fourth-order valence-electron chi connectivity index (χ4n) is 3.75. The molecule has 1 heteroatoms. The summed E-state index contributed by atoms with van der Waals surface area (Å²) in [6.07, 6.45) is 4.35. The van der Waals surface area contributed by atoms with Crippen LogP contribution < -0.4 is 0 Å². The number of rotatable bonds is 4. The Morgan fingerprint density at radius 2 is 1.00 bits per heavy atom. The second-order valence-electron chi connectivity index (χ2n) is 6.84. The summed E-state index contributed by atoms with van der Waals surface area (Å²) in [5, 5.41) is 0. The zero-order valence-corrected chi connectivity index (χ0v) is 15.3. The predicted molar refractivity (Wildman–Crippen MR) is 112 cm³/mol. The topological polar surface area (TPSA) is 17.1 Å². The minimum Gasteiger partial charge on any atom is -0.295 e. The fourth-order valence-corrected chi connectivity index (χ4v) is 3.75. The number of allylic oxidation sites excluding steroid dienone is 3. The molecule has 0 fully saturated rings. The number of hydrogen-bond acceptors (Lipinski definition) is 1. The summed E-state index contributed by atoms with van der Waals surface area (Å²) in [6, 6.07) is 31.4. The quantitative estimate of drug-likeness (QED) is 0.503. The zero-order valence-electron chi connectivity index (χ0n) is 15.3. The minimum atomic E-state index is 0.227. The second kappa shape index (κ2) is 8.01. The Morgan fingerprint density at radius 3 is 1.44 bits per heavy atom. The van der Waals surface area contributed by atoms with E-state index in [1.54, 1.807) is 0 Å². The fraction of sp³-hybridized carbons (Fsp3) is 0.115. The molecule has 0 unspecified atom stereocenters. The molecule has 0 bridgehead atoms. The zero-order chi connectivity index (χ0) is 18.5. The van der Waals surface area contributed by atoms with E-state index in [9.17, 15) is 4.79 Å². The van der Waals surface area contributed by atoms with Crippen molar-refractivity contribution in [3.05, 3.63) is 119 Å². The van der Waals surface area contributed by atoms with Crippen molar-refractivity contribution in [1.82, 2.24) is 0 Å². The van der Waals surface area contributed by atoms with Crippen molar-refractivity contribution >= 4 is 16.9 Å². The van der Waals surface area contributed by atoms with Gasteiger partial charge in [0.1, 0.15) is 0 Å². The molecule has 0 N–H and O–H groups in total. The van der Waals surface area contributed by atoms with E-state index in [2.05, 4.69) is 72.8 Å². The van der Waals surface area contributed by atoms with Crippen LogP contribution in [-0.4, -0.2) is 5.78 Å². The molecule has 4 rings (SSSR count). The van der Waals surface area contributed by atoms with Crippen LogP contribution in [0.25, 0.3) is 11.1 Å². The van der Waals surface area contributed by atoms with Gasteiger partial charge in [0.2, 0.25) is 0 Å². The molecule has 0 radical (unpaired) electrons. The van der Waals surface area contributed by atoms with Crippen LogP contribution in [0.5, 0.6) is 0 Å². The summed E-state index contributed by atoms with van der Waals surface area (Å²) in [5.41, 5.74) is 6.98. The van der Waals surface area contributed by atoms with Crippen molar-refractivity contribution in [3.63, 3.8) is 0 Å². The van der Waals surface area contributed by atoms with Gasteiger partial charge >= 0.3 is 0 Å². The first-order valence-corrected chi connectivity index (χ1v) is 9.47. The lowest BCUT2D eigenvalue weighted by atomic mass is 9.82. The number of carbonyl (C=O) groups is 1. The Hall–Kier alpha value is -3.19. The summed E-state index contributed by atoms with van der Waals surface area (Å²) in [7, 11) is 0. The SMILES string of the molecule is O=C1C=C(C(=C(c2ccccc2)c2ccccc2)c2ccccc2)CCC1. The molecule has 1 aliphatic carbocycles. The Labute approximate surface area is 160 Å². The molecule has 0 aliphatic heterocycles. The van der Waals surface area contributed by atoms with Gasteiger partial charge in [-0.1, -0.05) is 91.0 Å². The monoisotopic (exact) mass is 350 g/mol. The maximum Gasteiger partial charge on any atom is 0.155 e. The highest BCUT2D eigenvalue weighted by Gasteiger charge is 2.20. The number of carbonyl (C=O) groups excluding carboxylic acids is 1. The molecule has 3 aromatic rings. The van der Waals surface area contributed by atoms with E-state index in [4.69, 9.17) is 0 Å². The molecule has 0 saturated heterocycles. The van der Waals surface area contributed by atoms with E-state index in [0.29, 0.717) is 6.42 Å². The van der Waals surface area contributed by atoms with Crippen molar-refractivity contribution in [1.29, 1.82) is 0 Å². The van der Waals surface area contributed by atoms with Gasteiger partial charge in [-0.2, -0.15) is 0 Å². The van der Waals surface area contributed by atoms with Crippen molar-refractivity contribution in [2.24, 2.45) is 0 Å². The molecule has 0 spiro atoms. The third kappa shape index (κ3) is 3.83. The number of hydrogen-bond donors (Lipinski definition) is 0. The van der Waals surface area contributed by atoms with E-state index >= 15 is 0 Å². The first kappa shape index (κ1) is 17.2. The van der Waals surface area contributed by atoms with Crippen molar-refractivity contribution in [2.75, 3.05) is 0 Å². The van der Waals surface area contributed by atoms with E-state index in [1.165, 1.54) is 22.3 Å². The van der Waals surface area contributed by atoms with Gasteiger partial charge in [0, 0.05) is 6.42 Å². The lowest BCUT2D eigenvalue weighted by Gasteiger charge is -2.22. The highest BCUT2D eigenvalue weighted by Crippen LogP contribution is 2.39. The van der Waals surface area contributed by atoms with Crippen LogP contribution in [0.3, 0.4) is 0 Å². The molecule has 27 heavy (non-hydrogen) atoms. The molecular formula is C26H22O. The largest absolute Gasteiger partial charge is 0.295 e. The van der Waals surface area contributed by atoms with Gasteiger partial charge in [-0.25, -0.2) is 0 Å². The molecule has 3 aromatic carbocycles. The highest BCUT2D eigenvalue weighted by atomic mass is 16.1. The van der Waals surface area contributed by atoms with Gasteiger partial charge in [0.15, 0.2) is 5.78 Å². The lowest BCUT2D eigenvalue weighted by molar-refractivity contribution is -0.115. The Kier molecular flexibility index (Phi) is 5.11.